The Morgan fingerprint density at radius 1 is 0.962 bits per heavy atom. The molecule has 0 bridgehead atoms. The molecule has 3 aromatic rings. The smallest absolute Gasteiger partial charge is 0.227 e. The Balaban J connectivity index is 1.72. The molecular weight excluding hydrogens is 326 g/mol. The number of benzene rings is 3. The van der Waals surface area contributed by atoms with E-state index < -0.39 is 0 Å². The molecule has 0 aromatic heterocycles. The lowest BCUT2D eigenvalue weighted by atomic mass is 9.97. The number of hydrogen-bond donors (Lipinski definition) is 1. The fourth-order valence-corrected chi connectivity index (χ4v) is 2.97. The second-order valence-corrected chi connectivity index (χ2v) is 6.22. The minimum absolute atomic E-state index is 0.0104. The molecule has 0 saturated carbocycles. The summed E-state index contributed by atoms with van der Waals surface area (Å²) in [7, 11) is 3.29. The molecule has 3 aromatic carbocycles. The van der Waals surface area contributed by atoms with Crippen molar-refractivity contribution in [1.82, 2.24) is 5.32 Å². The topological polar surface area (TPSA) is 47.6 Å². The summed E-state index contributed by atoms with van der Waals surface area (Å²) >= 11 is 0. The normalized spacial score (nSPS) is 11.8. The van der Waals surface area contributed by atoms with Crippen LogP contribution in [-0.4, -0.2) is 20.1 Å². The zero-order chi connectivity index (χ0) is 18.5. The standard InChI is InChI=1S/C22H23NO3/c1-15(22(24)23-14-19-6-4-5-7-21(19)26-3)16-8-9-18-13-20(25-2)11-10-17(18)12-16/h4-13,15H,14H2,1-3H3,(H,23,24)/t15-/m1/s1. The molecule has 0 aliphatic rings. The van der Waals surface area contributed by atoms with Gasteiger partial charge in [0.25, 0.3) is 0 Å². The average molecular weight is 349 g/mol. The highest BCUT2D eigenvalue weighted by Gasteiger charge is 2.16. The van der Waals surface area contributed by atoms with E-state index in [2.05, 4.69) is 11.4 Å². The van der Waals surface area contributed by atoms with Crippen molar-refractivity contribution in [2.24, 2.45) is 0 Å². The molecule has 134 valence electrons. The van der Waals surface area contributed by atoms with Crippen LogP contribution in [0.1, 0.15) is 24.0 Å². The molecule has 4 nitrogen and oxygen atoms in total. The van der Waals surface area contributed by atoms with Gasteiger partial charge in [-0.2, -0.15) is 0 Å². The molecule has 1 N–H and O–H groups in total. The predicted octanol–water partition coefficient (Wildman–Crippen LogP) is 4.28. The molecule has 3 rings (SSSR count). The lowest BCUT2D eigenvalue weighted by molar-refractivity contribution is -0.122. The van der Waals surface area contributed by atoms with Gasteiger partial charge in [-0.15, -0.1) is 0 Å². The molecular formula is C22H23NO3. The van der Waals surface area contributed by atoms with Crippen molar-refractivity contribution >= 4 is 16.7 Å². The van der Waals surface area contributed by atoms with Crippen molar-refractivity contribution in [2.75, 3.05) is 14.2 Å². The largest absolute Gasteiger partial charge is 0.497 e. The van der Waals surface area contributed by atoms with Crippen LogP contribution in [-0.2, 0) is 11.3 Å². The Morgan fingerprint density at radius 3 is 2.46 bits per heavy atom. The fourth-order valence-electron chi connectivity index (χ4n) is 2.97. The van der Waals surface area contributed by atoms with Crippen LogP contribution in [0.4, 0.5) is 0 Å². The third-order valence-electron chi connectivity index (χ3n) is 4.61. The monoisotopic (exact) mass is 349 g/mol. The Kier molecular flexibility index (Phi) is 5.42. The van der Waals surface area contributed by atoms with Gasteiger partial charge in [0.1, 0.15) is 11.5 Å². The predicted molar refractivity (Wildman–Crippen MR) is 104 cm³/mol. The quantitative estimate of drug-likeness (QED) is 0.723. The Bertz CT molecular complexity index is 920. The van der Waals surface area contributed by atoms with Gasteiger partial charge < -0.3 is 14.8 Å². The van der Waals surface area contributed by atoms with Crippen molar-refractivity contribution in [3.8, 4) is 11.5 Å². The molecule has 0 aliphatic heterocycles. The highest BCUT2D eigenvalue weighted by molar-refractivity contribution is 5.88. The number of fused-ring (bicyclic) bond motifs is 1. The van der Waals surface area contributed by atoms with Gasteiger partial charge in [-0.3, -0.25) is 4.79 Å². The minimum atomic E-state index is -0.240. The number of carbonyl (C=O) groups excluding carboxylic acids is 1. The second kappa shape index (κ2) is 7.91. The molecule has 0 spiro atoms. The van der Waals surface area contributed by atoms with Gasteiger partial charge in [-0.1, -0.05) is 42.5 Å². The lowest BCUT2D eigenvalue weighted by Crippen LogP contribution is -2.27. The van der Waals surface area contributed by atoms with E-state index in [1.807, 2.05) is 61.5 Å². The Labute approximate surface area is 153 Å². The van der Waals surface area contributed by atoms with Crippen LogP contribution in [0, 0.1) is 0 Å². The summed E-state index contributed by atoms with van der Waals surface area (Å²) in [4.78, 5) is 12.6. The third kappa shape index (κ3) is 3.80. The van der Waals surface area contributed by atoms with Gasteiger partial charge in [0.2, 0.25) is 5.91 Å². The molecule has 26 heavy (non-hydrogen) atoms. The van der Waals surface area contributed by atoms with E-state index in [9.17, 15) is 4.79 Å². The number of amides is 1. The van der Waals surface area contributed by atoms with Gasteiger partial charge in [0.05, 0.1) is 20.1 Å². The lowest BCUT2D eigenvalue weighted by Gasteiger charge is -2.15. The van der Waals surface area contributed by atoms with Crippen molar-refractivity contribution < 1.29 is 14.3 Å². The third-order valence-corrected chi connectivity index (χ3v) is 4.61. The number of ether oxygens (including phenoxy) is 2. The number of para-hydroxylation sites is 1. The molecule has 0 aliphatic carbocycles. The van der Waals surface area contributed by atoms with E-state index in [-0.39, 0.29) is 11.8 Å². The van der Waals surface area contributed by atoms with Crippen LogP contribution in [0.15, 0.2) is 60.7 Å². The van der Waals surface area contributed by atoms with Gasteiger partial charge in [-0.25, -0.2) is 0 Å². The average Bonchev–Trinajstić information content (AvgIpc) is 2.70. The van der Waals surface area contributed by atoms with Crippen molar-refractivity contribution in [2.45, 2.75) is 19.4 Å². The Hall–Kier alpha value is -3.01. The maximum Gasteiger partial charge on any atom is 0.227 e. The van der Waals surface area contributed by atoms with Crippen LogP contribution in [0.2, 0.25) is 0 Å². The maximum atomic E-state index is 12.6. The number of hydrogen-bond acceptors (Lipinski definition) is 3. The zero-order valence-electron chi connectivity index (χ0n) is 15.3. The van der Waals surface area contributed by atoms with E-state index in [1.54, 1.807) is 14.2 Å². The number of methoxy groups -OCH3 is 2. The van der Waals surface area contributed by atoms with Crippen LogP contribution < -0.4 is 14.8 Å². The molecule has 4 heteroatoms. The summed E-state index contributed by atoms with van der Waals surface area (Å²) in [5, 5.41) is 5.18. The summed E-state index contributed by atoms with van der Waals surface area (Å²) in [6, 6.07) is 19.7. The van der Waals surface area contributed by atoms with Crippen LogP contribution in [0.25, 0.3) is 10.8 Å². The van der Waals surface area contributed by atoms with Crippen molar-refractivity contribution in [3.63, 3.8) is 0 Å². The molecule has 0 fully saturated rings. The summed E-state index contributed by atoms with van der Waals surface area (Å²) in [6.07, 6.45) is 0. The fraction of sp³-hybridized carbons (Fsp3) is 0.227. The van der Waals surface area contributed by atoms with Gasteiger partial charge in [0.15, 0.2) is 0 Å². The van der Waals surface area contributed by atoms with E-state index in [4.69, 9.17) is 9.47 Å². The second-order valence-electron chi connectivity index (χ2n) is 6.22. The highest BCUT2D eigenvalue weighted by Crippen LogP contribution is 2.25. The van der Waals surface area contributed by atoms with E-state index in [0.29, 0.717) is 6.54 Å². The molecule has 0 heterocycles. The van der Waals surface area contributed by atoms with Crippen molar-refractivity contribution in [1.29, 1.82) is 0 Å². The summed E-state index contributed by atoms with van der Waals surface area (Å²) in [5.41, 5.74) is 1.95. The van der Waals surface area contributed by atoms with Crippen LogP contribution in [0.5, 0.6) is 11.5 Å². The first-order valence-electron chi connectivity index (χ1n) is 8.59. The van der Waals surface area contributed by atoms with E-state index in [0.717, 1.165) is 33.4 Å². The minimum Gasteiger partial charge on any atom is -0.497 e. The molecule has 1 amide bonds. The number of carbonyl (C=O) groups is 1. The van der Waals surface area contributed by atoms with E-state index in [1.165, 1.54) is 0 Å². The van der Waals surface area contributed by atoms with Crippen LogP contribution >= 0.6 is 0 Å². The molecule has 0 unspecified atom stereocenters. The first-order chi connectivity index (χ1) is 12.6. The maximum absolute atomic E-state index is 12.6. The highest BCUT2D eigenvalue weighted by atomic mass is 16.5. The van der Waals surface area contributed by atoms with Gasteiger partial charge in [-0.05, 0) is 41.5 Å². The van der Waals surface area contributed by atoms with E-state index >= 15 is 0 Å². The van der Waals surface area contributed by atoms with Crippen LogP contribution in [0.3, 0.4) is 0 Å². The van der Waals surface area contributed by atoms with Crippen molar-refractivity contribution in [3.05, 3.63) is 71.8 Å². The van der Waals surface area contributed by atoms with Gasteiger partial charge in [0, 0.05) is 12.1 Å². The molecule has 1 atom stereocenters. The van der Waals surface area contributed by atoms with Gasteiger partial charge >= 0.3 is 0 Å². The Morgan fingerprint density at radius 2 is 1.69 bits per heavy atom. The SMILES string of the molecule is COc1ccc2cc([C@@H](C)C(=O)NCc3ccccc3OC)ccc2c1. The number of rotatable bonds is 6. The zero-order valence-corrected chi connectivity index (χ0v) is 15.3. The summed E-state index contributed by atoms with van der Waals surface area (Å²) < 4.78 is 10.6. The molecule has 0 radical (unpaired) electrons. The number of nitrogens with one attached hydrogen (secondary N) is 1. The summed E-state index contributed by atoms with van der Waals surface area (Å²) in [5.74, 6) is 1.35. The molecule has 0 saturated heterocycles. The summed E-state index contributed by atoms with van der Waals surface area (Å²) in [6.45, 7) is 2.36. The first-order valence-corrected chi connectivity index (χ1v) is 8.59. The first kappa shape index (κ1) is 17.8.